The quantitative estimate of drug-likeness (QED) is 0.361. The van der Waals surface area contributed by atoms with Crippen LogP contribution in [0, 0.1) is 18.3 Å². The van der Waals surface area contributed by atoms with E-state index >= 15 is 0 Å². The fourth-order valence-electron chi connectivity index (χ4n) is 4.10. The highest BCUT2D eigenvalue weighted by Crippen LogP contribution is 2.35. The number of anilines is 4. The number of aromatic amines is 1. The summed E-state index contributed by atoms with van der Waals surface area (Å²) in [6.45, 7) is 2.49. The number of sulfone groups is 1. The number of nitrogens with one attached hydrogen (secondary N) is 3. The molecule has 4 aromatic rings. The van der Waals surface area contributed by atoms with Gasteiger partial charge in [0, 0.05) is 18.9 Å². The van der Waals surface area contributed by atoms with Crippen LogP contribution in [0.2, 0.25) is 0 Å². The topological polar surface area (TPSA) is 146 Å². The van der Waals surface area contributed by atoms with Crippen LogP contribution in [0.15, 0.2) is 47.4 Å². The predicted octanol–water partition coefficient (Wildman–Crippen LogP) is 4.28. The molecule has 0 radical (unpaired) electrons. The van der Waals surface area contributed by atoms with Gasteiger partial charge in [-0.1, -0.05) is 12.1 Å². The zero-order chi connectivity index (χ0) is 24.6. The molecule has 1 aliphatic rings. The minimum atomic E-state index is -3.54. The van der Waals surface area contributed by atoms with E-state index in [1.54, 1.807) is 36.4 Å². The molecule has 4 heterocycles. The molecule has 11 heteroatoms. The van der Waals surface area contributed by atoms with Crippen LogP contribution in [-0.4, -0.2) is 41.2 Å². The number of H-pyrrole nitrogens is 1. The van der Waals surface area contributed by atoms with Crippen molar-refractivity contribution in [2.45, 2.75) is 30.8 Å². The maximum atomic E-state index is 12.7. The van der Waals surface area contributed by atoms with Crippen molar-refractivity contribution < 1.29 is 13.2 Å². The highest BCUT2D eigenvalue weighted by atomic mass is 32.2. The maximum Gasteiger partial charge on any atom is 0.177 e. The smallest absolute Gasteiger partial charge is 0.177 e. The molecule has 3 N–H and O–H groups in total. The van der Waals surface area contributed by atoms with Crippen molar-refractivity contribution in [3.63, 3.8) is 0 Å². The molecule has 0 unspecified atom stereocenters. The summed E-state index contributed by atoms with van der Waals surface area (Å²) >= 11 is 0. The fraction of sp³-hybridized carbons (Fsp3) is 0.250. The molecule has 0 spiro atoms. The number of ether oxygens (including phenoxy) is 1. The molecule has 35 heavy (non-hydrogen) atoms. The van der Waals surface area contributed by atoms with E-state index in [0.717, 1.165) is 18.4 Å². The van der Waals surface area contributed by atoms with Crippen LogP contribution in [0.5, 0.6) is 0 Å². The first-order valence-corrected chi connectivity index (χ1v) is 12.9. The second-order valence-corrected chi connectivity index (χ2v) is 10.4. The summed E-state index contributed by atoms with van der Waals surface area (Å²) in [5.74, 6) is 1.56. The summed E-state index contributed by atoms with van der Waals surface area (Å²) < 4.78 is 31.1. The molecule has 0 aliphatic carbocycles. The van der Waals surface area contributed by atoms with Gasteiger partial charge < -0.3 is 20.4 Å². The number of hydrogen-bond acceptors (Lipinski definition) is 9. The largest absolute Gasteiger partial charge is 0.374 e. The summed E-state index contributed by atoms with van der Waals surface area (Å²) in [5, 5.41) is 15.5. The standard InChI is InChI=1S/C24H23N7O3S/c1-14-26-23-18(12-22(31-24(23)27-14)30-21-7-3-5-16(13-25)28-21)29-17-9-8-15(19-6-4-10-34-19)11-20(17)35(2,32)33/h3,5,7-9,11-12,19H,4,6,10H2,1-2H3,(H3,26,27,28,29,30,31)/t19-/m0/s1. The lowest BCUT2D eigenvalue weighted by Gasteiger charge is -2.16. The molecule has 5 rings (SSSR count). The third kappa shape index (κ3) is 4.80. The highest BCUT2D eigenvalue weighted by molar-refractivity contribution is 7.90. The maximum absolute atomic E-state index is 12.7. The monoisotopic (exact) mass is 489 g/mol. The van der Waals surface area contributed by atoms with E-state index in [4.69, 9.17) is 10.00 Å². The first-order valence-electron chi connectivity index (χ1n) is 11.0. The molecule has 1 fully saturated rings. The van der Waals surface area contributed by atoms with Gasteiger partial charge in [-0.2, -0.15) is 5.26 Å². The zero-order valence-corrected chi connectivity index (χ0v) is 20.0. The van der Waals surface area contributed by atoms with Crippen molar-refractivity contribution in [2.75, 3.05) is 23.5 Å². The Labute approximate surface area is 202 Å². The van der Waals surface area contributed by atoms with Crippen LogP contribution in [0.4, 0.5) is 23.0 Å². The van der Waals surface area contributed by atoms with Gasteiger partial charge in [0.2, 0.25) is 0 Å². The Morgan fingerprint density at radius 1 is 1.09 bits per heavy atom. The van der Waals surface area contributed by atoms with Gasteiger partial charge in [-0.25, -0.2) is 23.4 Å². The number of nitrogens with zero attached hydrogens (tertiary/aromatic N) is 4. The predicted molar refractivity (Wildman–Crippen MR) is 132 cm³/mol. The van der Waals surface area contributed by atoms with E-state index < -0.39 is 9.84 Å². The normalized spacial score (nSPS) is 15.7. The van der Waals surface area contributed by atoms with E-state index in [-0.39, 0.29) is 16.7 Å². The number of nitriles is 1. The average Bonchev–Trinajstić information content (AvgIpc) is 3.48. The van der Waals surface area contributed by atoms with Crippen LogP contribution in [-0.2, 0) is 14.6 Å². The molecule has 1 atom stereocenters. The number of pyridine rings is 2. The van der Waals surface area contributed by atoms with Gasteiger partial charge in [0.1, 0.15) is 34.7 Å². The minimum absolute atomic E-state index is 0.0985. The molecular weight excluding hydrogens is 466 g/mol. The third-order valence-corrected chi connectivity index (χ3v) is 6.80. The van der Waals surface area contributed by atoms with E-state index in [0.29, 0.717) is 46.6 Å². The number of fused-ring (bicyclic) bond motifs is 1. The Morgan fingerprint density at radius 2 is 1.94 bits per heavy atom. The van der Waals surface area contributed by atoms with Crippen LogP contribution in [0.1, 0.15) is 36.0 Å². The Kier molecular flexibility index (Phi) is 5.84. The summed E-state index contributed by atoms with van der Waals surface area (Å²) in [6, 6.07) is 14.1. The molecule has 1 aliphatic heterocycles. The number of imidazole rings is 1. The molecule has 1 saturated heterocycles. The van der Waals surface area contributed by atoms with Gasteiger partial charge in [-0.3, -0.25) is 0 Å². The summed E-state index contributed by atoms with van der Waals surface area (Å²) in [7, 11) is -3.54. The number of rotatable bonds is 6. The summed E-state index contributed by atoms with van der Waals surface area (Å²) in [6.07, 6.45) is 2.91. The van der Waals surface area contributed by atoms with Crippen LogP contribution in [0.3, 0.4) is 0 Å². The molecule has 0 bridgehead atoms. The van der Waals surface area contributed by atoms with Gasteiger partial charge in [0.15, 0.2) is 15.5 Å². The van der Waals surface area contributed by atoms with E-state index in [2.05, 4.69) is 30.6 Å². The first kappa shape index (κ1) is 22.8. The summed E-state index contributed by atoms with van der Waals surface area (Å²) in [5.41, 5.74) is 3.19. The minimum Gasteiger partial charge on any atom is -0.374 e. The summed E-state index contributed by atoms with van der Waals surface area (Å²) in [4.78, 5) is 16.6. The van der Waals surface area contributed by atoms with Gasteiger partial charge in [-0.15, -0.1) is 0 Å². The average molecular weight is 490 g/mol. The lowest BCUT2D eigenvalue weighted by Crippen LogP contribution is -2.06. The first-order chi connectivity index (χ1) is 16.8. The number of benzene rings is 1. The molecule has 0 amide bonds. The van der Waals surface area contributed by atoms with Crippen LogP contribution >= 0.6 is 0 Å². The molecule has 1 aromatic carbocycles. The highest BCUT2D eigenvalue weighted by Gasteiger charge is 2.22. The van der Waals surface area contributed by atoms with E-state index in [1.807, 2.05) is 19.1 Å². The molecule has 3 aromatic heterocycles. The van der Waals surface area contributed by atoms with E-state index in [1.165, 1.54) is 6.26 Å². The fourth-order valence-corrected chi connectivity index (χ4v) is 4.97. The van der Waals surface area contributed by atoms with Crippen LogP contribution in [0.25, 0.3) is 11.2 Å². The number of hydrogen-bond donors (Lipinski definition) is 3. The van der Waals surface area contributed by atoms with Crippen molar-refractivity contribution in [3.05, 3.63) is 59.5 Å². The van der Waals surface area contributed by atoms with Crippen molar-refractivity contribution in [3.8, 4) is 6.07 Å². The number of aryl methyl sites for hydroxylation is 1. The van der Waals surface area contributed by atoms with Gasteiger partial charge >= 0.3 is 0 Å². The van der Waals surface area contributed by atoms with Gasteiger partial charge in [0.05, 0.1) is 22.4 Å². The van der Waals surface area contributed by atoms with E-state index in [9.17, 15) is 8.42 Å². The Balaban J connectivity index is 1.56. The second-order valence-electron chi connectivity index (χ2n) is 8.37. The lowest BCUT2D eigenvalue weighted by molar-refractivity contribution is 0.112. The van der Waals surface area contributed by atoms with Gasteiger partial charge in [0.25, 0.3) is 0 Å². The molecule has 10 nitrogen and oxygen atoms in total. The zero-order valence-electron chi connectivity index (χ0n) is 19.2. The molecular formula is C24H23N7O3S. The van der Waals surface area contributed by atoms with Crippen molar-refractivity contribution in [1.82, 2.24) is 19.9 Å². The third-order valence-electron chi connectivity index (χ3n) is 5.67. The Bertz CT molecular complexity index is 1570. The Morgan fingerprint density at radius 3 is 2.69 bits per heavy atom. The second kappa shape index (κ2) is 8.98. The van der Waals surface area contributed by atoms with Crippen molar-refractivity contribution in [2.24, 2.45) is 0 Å². The lowest BCUT2D eigenvalue weighted by atomic mass is 10.1. The molecule has 178 valence electrons. The van der Waals surface area contributed by atoms with Crippen molar-refractivity contribution in [1.29, 1.82) is 5.26 Å². The van der Waals surface area contributed by atoms with Crippen molar-refractivity contribution >= 4 is 44.0 Å². The van der Waals surface area contributed by atoms with Crippen LogP contribution < -0.4 is 10.6 Å². The Hall–Kier alpha value is -4.01. The SMILES string of the molecule is Cc1nc2c(Nc3ccc([C@@H]4CCCO4)cc3S(C)(=O)=O)cc(Nc3cccc(C#N)n3)nc2[nH]1. The number of aromatic nitrogens is 4. The van der Waals surface area contributed by atoms with Gasteiger partial charge in [-0.05, 0) is 49.6 Å². The molecule has 0 saturated carbocycles.